The molecule has 3 heterocycles. The molecular weight excluding hydrogens is 383 g/mol. The predicted molar refractivity (Wildman–Crippen MR) is 104 cm³/mol. The minimum Gasteiger partial charge on any atom is -0.339 e. The van der Waals surface area contributed by atoms with Crippen LogP contribution in [0.5, 0.6) is 0 Å². The molecule has 136 valence electrons. The molecule has 0 unspecified atom stereocenters. The number of thioether (sulfide) groups is 1. The van der Waals surface area contributed by atoms with Crippen molar-refractivity contribution in [2.24, 2.45) is 0 Å². The Balaban J connectivity index is 1.27. The van der Waals surface area contributed by atoms with Crippen LogP contribution in [0.15, 0.2) is 63.0 Å². The second-order valence-corrected chi connectivity index (χ2v) is 7.91. The Morgan fingerprint density at radius 3 is 2.63 bits per heavy atom. The van der Waals surface area contributed by atoms with Gasteiger partial charge in [-0.15, -0.1) is 11.3 Å². The maximum Gasteiger partial charge on any atom is 0.226 e. The van der Waals surface area contributed by atoms with E-state index in [0.29, 0.717) is 11.7 Å². The number of rotatable bonds is 7. The highest BCUT2D eigenvalue weighted by atomic mass is 32.2. The number of benzene rings is 1. The third-order valence-electron chi connectivity index (χ3n) is 3.79. The number of aromatic nitrogens is 4. The second-order valence-electron chi connectivity index (χ2n) is 5.71. The molecule has 0 atom stereocenters. The number of pyridine rings is 1. The van der Waals surface area contributed by atoms with E-state index in [1.54, 1.807) is 47.6 Å². The normalized spacial score (nSPS) is 11.0. The molecule has 0 aliphatic carbocycles. The van der Waals surface area contributed by atoms with Crippen molar-refractivity contribution in [2.75, 3.05) is 5.75 Å². The summed E-state index contributed by atoms with van der Waals surface area (Å²) < 4.78 is 19.3. The van der Waals surface area contributed by atoms with E-state index in [-0.39, 0.29) is 5.82 Å². The molecule has 0 saturated heterocycles. The number of nitrogens with zero attached hydrogens (tertiary/aromatic N) is 4. The summed E-state index contributed by atoms with van der Waals surface area (Å²) in [7, 11) is 0. The van der Waals surface area contributed by atoms with Crippen LogP contribution in [0.2, 0.25) is 0 Å². The third-order valence-corrected chi connectivity index (χ3v) is 5.90. The number of aryl methyl sites for hydroxylation is 1. The summed E-state index contributed by atoms with van der Waals surface area (Å²) in [5, 5.41) is 6.00. The molecule has 0 amide bonds. The molecule has 3 aromatic heterocycles. The maximum absolute atomic E-state index is 13.0. The van der Waals surface area contributed by atoms with Crippen LogP contribution in [0.3, 0.4) is 0 Å². The standard InChI is InChI=1S/C19H15FN4OS2/c20-15-5-3-13(4-6-15)16-12-27-19(22-16)26-11-1-2-17-23-18(24-25-17)14-7-9-21-10-8-14/h3-10,12H,1-2,11H2. The molecular formula is C19H15FN4OS2. The average Bonchev–Trinajstić information content (AvgIpc) is 3.36. The van der Waals surface area contributed by atoms with Gasteiger partial charge in [0.2, 0.25) is 11.7 Å². The van der Waals surface area contributed by atoms with E-state index >= 15 is 0 Å². The van der Waals surface area contributed by atoms with Crippen molar-refractivity contribution >= 4 is 23.1 Å². The van der Waals surface area contributed by atoms with Gasteiger partial charge in [-0.3, -0.25) is 4.98 Å². The molecule has 5 nitrogen and oxygen atoms in total. The van der Waals surface area contributed by atoms with Gasteiger partial charge in [0.15, 0.2) is 4.34 Å². The van der Waals surface area contributed by atoms with E-state index in [2.05, 4.69) is 20.1 Å². The minimum absolute atomic E-state index is 0.239. The number of hydrogen-bond donors (Lipinski definition) is 0. The number of hydrogen-bond acceptors (Lipinski definition) is 7. The summed E-state index contributed by atoms with van der Waals surface area (Å²) in [5.74, 6) is 1.89. The van der Waals surface area contributed by atoms with Gasteiger partial charge in [-0.25, -0.2) is 9.37 Å². The Labute approximate surface area is 163 Å². The van der Waals surface area contributed by atoms with Crippen LogP contribution in [0, 0.1) is 5.82 Å². The van der Waals surface area contributed by atoms with Gasteiger partial charge in [-0.2, -0.15) is 4.98 Å². The van der Waals surface area contributed by atoms with Crippen LogP contribution >= 0.6 is 23.1 Å². The van der Waals surface area contributed by atoms with Gasteiger partial charge in [-0.1, -0.05) is 16.9 Å². The molecule has 0 fully saturated rings. The maximum atomic E-state index is 13.0. The Morgan fingerprint density at radius 2 is 1.81 bits per heavy atom. The Morgan fingerprint density at radius 1 is 1.00 bits per heavy atom. The number of halogens is 1. The van der Waals surface area contributed by atoms with E-state index in [1.807, 2.05) is 17.5 Å². The molecule has 8 heteroatoms. The molecule has 4 aromatic rings. The number of thiazole rings is 1. The monoisotopic (exact) mass is 398 g/mol. The minimum atomic E-state index is -0.239. The van der Waals surface area contributed by atoms with Gasteiger partial charge < -0.3 is 4.52 Å². The fourth-order valence-electron chi connectivity index (χ4n) is 2.43. The van der Waals surface area contributed by atoms with Crippen LogP contribution in [0.1, 0.15) is 12.3 Å². The van der Waals surface area contributed by atoms with E-state index in [0.717, 1.165) is 39.8 Å². The van der Waals surface area contributed by atoms with Gasteiger partial charge >= 0.3 is 0 Å². The highest BCUT2D eigenvalue weighted by Gasteiger charge is 2.09. The van der Waals surface area contributed by atoms with Gasteiger partial charge in [0.05, 0.1) is 5.69 Å². The Hall–Kier alpha value is -2.58. The van der Waals surface area contributed by atoms with Crippen LogP contribution < -0.4 is 0 Å². The van der Waals surface area contributed by atoms with E-state index in [4.69, 9.17) is 4.52 Å². The summed E-state index contributed by atoms with van der Waals surface area (Å²) in [6, 6.07) is 10.1. The summed E-state index contributed by atoms with van der Waals surface area (Å²) in [6.07, 6.45) is 5.04. The van der Waals surface area contributed by atoms with Crippen molar-refractivity contribution in [1.82, 2.24) is 20.1 Å². The lowest BCUT2D eigenvalue weighted by Crippen LogP contribution is -1.88. The molecule has 0 N–H and O–H groups in total. The van der Waals surface area contributed by atoms with Crippen molar-refractivity contribution < 1.29 is 8.91 Å². The Kier molecular flexibility index (Phi) is 5.55. The topological polar surface area (TPSA) is 64.7 Å². The third kappa shape index (κ3) is 4.58. The lowest BCUT2D eigenvalue weighted by Gasteiger charge is -1.97. The highest BCUT2D eigenvalue weighted by molar-refractivity contribution is 8.01. The molecule has 0 spiro atoms. The van der Waals surface area contributed by atoms with Crippen LogP contribution in [-0.2, 0) is 6.42 Å². The van der Waals surface area contributed by atoms with Crippen molar-refractivity contribution in [3.63, 3.8) is 0 Å². The first-order valence-corrected chi connectivity index (χ1v) is 10.2. The summed E-state index contributed by atoms with van der Waals surface area (Å²) >= 11 is 3.29. The predicted octanol–water partition coefficient (Wildman–Crippen LogP) is 5.12. The van der Waals surface area contributed by atoms with Crippen molar-refractivity contribution in [1.29, 1.82) is 0 Å². The molecule has 0 radical (unpaired) electrons. The summed E-state index contributed by atoms with van der Waals surface area (Å²) in [6.45, 7) is 0. The van der Waals surface area contributed by atoms with Crippen LogP contribution in [0.25, 0.3) is 22.6 Å². The fourth-order valence-corrected chi connectivity index (χ4v) is 4.28. The molecule has 27 heavy (non-hydrogen) atoms. The van der Waals surface area contributed by atoms with E-state index in [9.17, 15) is 4.39 Å². The van der Waals surface area contributed by atoms with Gasteiger partial charge in [0.1, 0.15) is 5.82 Å². The molecule has 0 saturated carbocycles. The van der Waals surface area contributed by atoms with Gasteiger partial charge in [0.25, 0.3) is 0 Å². The molecule has 0 aliphatic rings. The zero-order valence-corrected chi connectivity index (χ0v) is 15.8. The first-order chi connectivity index (χ1) is 13.3. The quantitative estimate of drug-likeness (QED) is 0.318. The van der Waals surface area contributed by atoms with Crippen LogP contribution in [0.4, 0.5) is 4.39 Å². The average molecular weight is 398 g/mol. The van der Waals surface area contributed by atoms with Gasteiger partial charge in [-0.05, 0) is 42.8 Å². The molecule has 0 bridgehead atoms. The SMILES string of the molecule is Fc1ccc(-c2csc(SCCCc3nc(-c4ccncc4)no3)n2)cc1. The van der Waals surface area contributed by atoms with Crippen LogP contribution in [-0.4, -0.2) is 25.9 Å². The van der Waals surface area contributed by atoms with E-state index in [1.165, 1.54) is 12.1 Å². The molecule has 4 rings (SSSR count). The second kappa shape index (κ2) is 8.41. The van der Waals surface area contributed by atoms with Crippen molar-refractivity contribution in [2.45, 2.75) is 17.2 Å². The summed E-state index contributed by atoms with van der Waals surface area (Å²) in [4.78, 5) is 13.0. The van der Waals surface area contributed by atoms with E-state index < -0.39 is 0 Å². The van der Waals surface area contributed by atoms with Crippen molar-refractivity contribution in [3.05, 3.63) is 65.9 Å². The van der Waals surface area contributed by atoms with Gasteiger partial charge in [0, 0.05) is 41.1 Å². The van der Waals surface area contributed by atoms with Crippen molar-refractivity contribution in [3.8, 4) is 22.6 Å². The molecule has 0 aliphatic heterocycles. The summed E-state index contributed by atoms with van der Waals surface area (Å²) in [5.41, 5.74) is 2.70. The largest absolute Gasteiger partial charge is 0.339 e. The first kappa shape index (κ1) is 17.8. The fraction of sp³-hybridized carbons (Fsp3) is 0.158. The zero-order valence-electron chi connectivity index (χ0n) is 14.2. The first-order valence-electron chi connectivity index (χ1n) is 8.35. The lowest BCUT2D eigenvalue weighted by molar-refractivity contribution is 0.378. The molecule has 1 aromatic carbocycles. The lowest BCUT2D eigenvalue weighted by atomic mass is 10.2. The Bertz CT molecular complexity index is 1000. The highest BCUT2D eigenvalue weighted by Crippen LogP contribution is 2.29. The smallest absolute Gasteiger partial charge is 0.226 e. The zero-order chi connectivity index (χ0) is 18.5.